The second-order valence-electron chi connectivity index (χ2n) is 6.30. The summed E-state index contributed by atoms with van der Waals surface area (Å²) in [5, 5.41) is 3.60. The molecule has 0 spiro atoms. The monoisotopic (exact) mass is 290 g/mol. The van der Waals surface area contributed by atoms with Gasteiger partial charge in [-0.15, -0.1) is 0 Å². The molecule has 0 amide bonds. The number of aromatic nitrogens is 2. The molecule has 0 aromatic carbocycles. The lowest BCUT2D eigenvalue weighted by Crippen LogP contribution is -2.28. The molecule has 1 aliphatic rings. The van der Waals surface area contributed by atoms with Crippen molar-refractivity contribution in [3.8, 4) is 0 Å². The Labute approximate surface area is 129 Å². The van der Waals surface area contributed by atoms with Crippen LogP contribution in [0.4, 0.5) is 5.69 Å². The van der Waals surface area contributed by atoms with E-state index in [0.717, 1.165) is 25.5 Å². The Balaban J connectivity index is 2.18. The maximum Gasteiger partial charge on any atom is 0.131 e. The van der Waals surface area contributed by atoms with Crippen molar-refractivity contribution in [1.82, 2.24) is 15.3 Å². The molecule has 4 heteroatoms. The van der Waals surface area contributed by atoms with Gasteiger partial charge in [0.25, 0.3) is 0 Å². The van der Waals surface area contributed by atoms with E-state index in [2.05, 4.69) is 42.9 Å². The lowest BCUT2D eigenvalue weighted by atomic mass is 10.2. The van der Waals surface area contributed by atoms with E-state index >= 15 is 0 Å². The fourth-order valence-corrected chi connectivity index (χ4v) is 2.42. The molecule has 1 N–H and O–H groups in total. The second-order valence-corrected chi connectivity index (χ2v) is 6.30. The number of hydrogen-bond donors (Lipinski definition) is 1. The van der Waals surface area contributed by atoms with Gasteiger partial charge in [0, 0.05) is 31.6 Å². The van der Waals surface area contributed by atoms with Crippen LogP contribution in [0.2, 0.25) is 0 Å². The molecule has 21 heavy (non-hydrogen) atoms. The zero-order chi connectivity index (χ0) is 15.2. The third kappa shape index (κ3) is 4.67. The predicted molar refractivity (Wildman–Crippen MR) is 88.8 cm³/mol. The lowest BCUT2D eigenvalue weighted by Gasteiger charge is -2.25. The van der Waals surface area contributed by atoms with Gasteiger partial charge in [0.05, 0.1) is 17.6 Å². The van der Waals surface area contributed by atoms with E-state index in [-0.39, 0.29) is 0 Å². The summed E-state index contributed by atoms with van der Waals surface area (Å²) in [4.78, 5) is 11.8. The van der Waals surface area contributed by atoms with Crippen LogP contribution in [-0.2, 0) is 6.54 Å². The number of unbranched alkanes of at least 4 members (excludes halogenated alkanes) is 1. The Morgan fingerprint density at radius 2 is 2.10 bits per heavy atom. The zero-order valence-electron chi connectivity index (χ0n) is 14.0. The van der Waals surface area contributed by atoms with E-state index in [9.17, 15) is 0 Å². The van der Waals surface area contributed by atoms with Gasteiger partial charge in [0.15, 0.2) is 0 Å². The normalized spacial score (nSPS) is 14.7. The standard InChI is InChI=1S/C17H30N4/c1-5-7-10-21(6-2)16-12-19-17(13(3)4)20-15(16)11-18-14-8-9-14/h12-14,18H,5-11H2,1-4H3. The average molecular weight is 290 g/mol. The SMILES string of the molecule is CCCCN(CC)c1cnc(C(C)C)nc1CNC1CC1. The van der Waals surface area contributed by atoms with Crippen LogP contribution >= 0.6 is 0 Å². The van der Waals surface area contributed by atoms with E-state index in [4.69, 9.17) is 4.98 Å². The van der Waals surface area contributed by atoms with Gasteiger partial charge in [-0.25, -0.2) is 9.97 Å². The van der Waals surface area contributed by atoms with Gasteiger partial charge in [0.2, 0.25) is 0 Å². The number of anilines is 1. The first-order valence-electron chi connectivity index (χ1n) is 8.49. The van der Waals surface area contributed by atoms with E-state index < -0.39 is 0 Å². The van der Waals surface area contributed by atoms with Gasteiger partial charge in [-0.05, 0) is 26.2 Å². The van der Waals surface area contributed by atoms with Gasteiger partial charge < -0.3 is 10.2 Å². The molecule has 1 saturated carbocycles. The maximum absolute atomic E-state index is 4.83. The highest BCUT2D eigenvalue weighted by Gasteiger charge is 2.22. The molecule has 2 rings (SSSR count). The summed E-state index contributed by atoms with van der Waals surface area (Å²) in [7, 11) is 0. The van der Waals surface area contributed by atoms with E-state index in [1.165, 1.54) is 37.1 Å². The highest BCUT2D eigenvalue weighted by Crippen LogP contribution is 2.24. The van der Waals surface area contributed by atoms with Crippen molar-refractivity contribution >= 4 is 5.69 Å². The molecule has 0 unspecified atom stereocenters. The van der Waals surface area contributed by atoms with Crippen molar-refractivity contribution in [1.29, 1.82) is 0 Å². The van der Waals surface area contributed by atoms with Crippen molar-refractivity contribution in [2.45, 2.75) is 71.9 Å². The molecule has 1 aromatic heterocycles. The smallest absolute Gasteiger partial charge is 0.131 e. The number of nitrogens with one attached hydrogen (secondary N) is 1. The van der Waals surface area contributed by atoms with Gasteiger partial charge in [-0.1, -0.05) is 27.2 Å². The van der Waals surface area contributed by atoms with Crippen molar-refractivity contribution < 1.29 is 0 Å². The van der Waals surface area contributed by atoms with Crippen LogP contribution in [0.15, 0.2) is 6.20 Å². The summed E-state index contributed by atoms with van der Waals surface area (Å²) >= 11 is 0. The Morgan fingerprint density at radius 1 is 1.33 bits per heavy atom. The van der Waals surface area contributed by atoms with E-state index in [0.29, 0.717) is 12.0 Å². The summed E-state index contributed by atoms with van der Waals surface area (Å²) in [6, 6.07) is 0.709. The molecule has 1 aromatic rings. The van der Waals surface area contributed by atoms with Crippen molar-refractivity contribution in [3.05, 3.63) is 17.7 Å². The first-order chi connectivity index (χ1) is 10.2. The summed E-state index contributed by atoms with van der Waals surface area (Å²) in [6.07, 6.45) is 7.09. The number of nitrogens with zero attached hydrogens (tertiary/aromatic N) is 3. The Hall–Kier alpha value is -1.16. The van der Waals surface area contributed by atoms with Crippen LogP contribution in [0, 0.1) is 0 Å². The second kappa shape index (κ2) is 7.74. The van der Waals surface area contributed by atoms with Crippen LogP contribution in [0.25, 0.3) is 0 Å². The fourth-order valence-electron chi connectivity index (χ4n) is 2.42. The van der Waals surface area contributed by atoms with Crippen LogP contribution in [0.5, 0.6) is 0 Å². The Kier molecular flexibility index (Phi) is 5.97. The van der Waals surface area contributed by atoms with Gasteiger partial charge in [-0.2, -0.15) is 0 Å². The number of rotatable bonds is 9. The van der Waals surface area contributed by atoms with Crippen LogP contribution < -0.4 is 10.2 Å². The number of hydrogen-bond acceptors (Lipinski definition) is 4. The largest absolute Gasteiger partial charge is 0.369 e. The molecule has 0 atom stereocenters. The van der Waals surface area contributed by atoms with Gasteiger partial charge in [-0.3, -0.25) is 0 Å². The van der Waals surface area contributed by atoms with Crippen LogP contribution in [0.1, 0.15) is 70.8 Å². The lowest BCUT2D eigenvalue weighted by molar-refractivity contribution is 0.649. The molecular formula is C17H30N4. The Morgan fingerprint density at radius 3 is 2.67 bits per heavy atom. The van der Waals surface area contributed by atoms with Gasteiger partial charge in [0.1, 0.15) is 5.82 Å². The molecule has 0 radical (unpaired) electrons. The maximum atomic E-state index is 4.83. The molecule has 4 nitrogen and oxygen atoms in total. The minimum absolute atomic E-state index is 0.379. The topological polar surface area (TPSA) is 41.1 Å². The predicted octanol–water partition coefficient (Wildman–Crippen LogP) is 3.48. The van der Waals surface area contributed by atoms with Crippen molar-refractivity contribution in [2.75, 3.05) is 18.0 Å². The Bertz CT molecular complexity index is 440. The summed E-state index contributed by atoms with van der Waals surface area (Å²) in [5.74, 6) is 1.34. The molecule has 118 valence electrons. The summed E-state index contributed by atoms with van der Waals surface area (Å²) in [6.45, 7) is 11.7. The van der Waals surface area contributed by atoms with Crippen LogP contribution in [0.3, 0.4) is 0 Å². The molecule has 0 saturated heterocycles. The van der Waals surface area contributed by atoms with Crippen LogP contribution in [-0.4, -0.2) is 29.1 Å². The van der Waals surface area contributed by atoms with Crippen molar-refractivity contribution in [2.24, 2.45) is 0 Å². The minimum Gasteiger partial charge on any atom is -0.369 e. The molecule has 1 heterocycles. The highest BCUT2D eigenvalue weighted by atomic mass is 15.2. The van der Waals surface area contributed by atoms with Gasteiger partial charge >= 0.3 is 0 Å². The molecule has 0 aliphatic heterocycles. The molecule has 1 aliphatic carbocycles. The van der Waals surface area contributed by atoms with Crippen molar-refractivity contribution in [3.63, 3.8) is 0 Å². The van der Waals surface area contributed by atoms with E-state index in [1.807, 2.05) is 6.20 Å². The molecule has 1 fully saturated rings. The average Bonchev–Trinajstić information content (AvgIpc) is 3.30. The fraction of sp³-hybridized carbons (Fsp3) is 0.765. The minimum atomic E-state index is 0.379. The third-order valence-electron chi connectivity index (χ3n) is 4.02. The first-order valence-corrected chi connectivity index (χ1v) is 8.49. The summed E-state index contributed by atoms with van der Waals surface area (Å²) in [5.41, 5.74) is 2.38. The highest BCUT2D eigenvalue weighted by molar-refractivity contribution is 5.49. The summed E-state index contributed by atoms with van der Waals surface area (Å²) < 4.78 is 0. The first kappa shape index (κ1) is 16.2. The quantitative estimate of drug-likeness (QED) is 0.756. The van der Waals surface area contributed by atoms with E-state index in [1.54, 1.807) is 0 Å². The molecule has 0 bridgehead atoms. The molecular weight excluding hydrogens is 260 g/mol. The third-order valence-corrected chi connectivity index (χ3v) is 4.02. The zero-order valence-corrected chi connectivity index (χ0v) is 14.0.